The zero-order valence-electron chi connectivity index (χ0n) is 10.0. The Morgan fingerprint density at radius 1 is 1.31 bits per heavy atom. The van der Waals surface area contributed by atoms with Gasteiger partial charge >= 0.3 is 0 Å². The molecule has 0 aliphatic carbocycles. The van der Waals surface area contributed by atoms with Gasteiger partial charge in [-0.1, -0.05) is 6.92 Å². The zero-order valence-corrected chi connectivity index (χ0v) is 10.0. The number of rotatable bonds is 8. The molecule has 0 spiro atoms. The third-order valence-corrected chi connectivity index (χ3v) is 1.99. The van der Waals surface area contributed by atoms with Crippen LogP contribution in [0.5, 0.6) is 5.75 Å². The lowest BCUT2D eigenvalue weighted by atomic mass is 10.4. The van der Waals surface area contributed by atoms with Crippen molar-refractivity contribution in [3.63, 3.8) is 0 Å². The van der Waals surface area contributed by atoms with Crippen LogP contribution in [0.4, 0.5) is 5.82 Å². The minimum atomic E-state index is 0.574. The minimum absolute atomic E-state index is 0.574. The van der Waals surface area contributed by atoms with E-state index >= 15 is 0 Å². The highest BCUT2D eigenvalue weighted by Gasteiger charge is 1.97. The van der Waals surface area contributed by atoms with Gasteiger partial charge < -0.3 is 14.8 Å². The van der Waals surface area contributed by atoms with E-state index in [-0.39, 0.29) is 0 Å². The number of hydrogen-bond donors (Lipinski definition) is 1. The van der Waals surface area contributed by atoms with E-state index in [1.54, 1.807) is 6.20 Å². The van der Waals surface area contributed by atoms with Crippen LogP contribution in [-0.4, -0.2) is 31.3 Å². The summed E-state index contributed by atoms with van der Waals surface area (Å²) >= 11 is 0. The second-order valence-corrected chi connectivity index (χ2v) is 3.35. The quantitative estimate of drug-likeness (QED) is 0.688. The predicted octanol–water partition coefficient (Wildman–Crippen LogP) is 2.32. The van der Waals surface area contributed by atoms with Crippen molar-refractivity contribution in [1.82, 2.24) is 4.98 Å². The van der Waals surface area contributed by atoms with Crippen LogP contribution in [0, 0.1) is 0 Å². The SMILES string of the molecule is CCCNc1cc(OCCOCC)ccn1. The van der Waals surface area contributed by atoms with Gasteiger partial charge in [0.25, 0.3) is 0 Å². The van der Waals surface area contributed by atoms with E-state index < -0.39 is 0 Å². The van der Waals surface area contributed by atoms with Gasteiger partial charge in [0.15, 0.2) is 0 Å². The maximum atomic E-state index is 5.52. The first-order valence-corrected chi connectivity index (χ1v) is 5.77. The summed E-state index contributed by atoms with van der Waals surface area (Å²) in [6.07, 6.45) is 2.82. The molecule has 0 radical (unpaired) electrons. The standard InChI is InChI=1S/C12H20N2O2/c1-3-6-13-12-10-11(5-7-14-12)16-9-8-15-4-2/h5,7,10H,3-4,6,8-9H2,1-2H3,(H,13,14). The average Bonchev–Trinajstić information content (AvgIpc) is 2.33. The normalized spacial score (nSPS) is 10.1. The van der Waals surface area contributed by atoms with Gasteiger partial charge in [-0.15, -0.1) is 0 Å². The zero-order chi connectivity index (χ0) is 11.6. The molecule has 0 aromatic carbocycles. The Bertz CT molecular complexity index is 292. The summed E-state index contributed by atoms with van der Waals surface area (Å²) in [6.45, 7) is 6.94. The molecule has 4 nitrogen and oxygen atoms in total. The maximum Gasteiger partial charge on any atom is 0.129 e. The average molecular weight is 224 g/mol. The predicted molar refractivity (Wildman–Crippen MR) is 65.0 cm³/mol. The molecule has 0 aliphatic rings. The summed E-state index contributed by atoms with van der Waals surface area (Å²) < 4.78 is 10.7. The van der Waals surface area contributed by atoms with Gasteiger partial charge in [-0.2, -0.15) is 0 Å². The van der Waals surface area contributed by atoms with Crippen LogP contribution in [0.25, 0.3) is 0 Å². The van der Waals surface area contributed by atoms with Gasteiger partial charge in [0.05, 0.1) is 6.61 Å². The van der Waals surface area contributed by atoms with Crippen LogP contribution in [0.2, 0.25) is 0 Å². The summed E-state index contributed by atoms with van der Waals surface area (Å²) in [5, 5.41) is 3.21. The summed E-state index contributed by atoms with van der Waals surface area (Å²) in [7, 11) is 0. The van der Waals surface area contributed by atoms with Crippen molar-refractivity contribution in [3.05, 3.63) is 18.3 Å². The molecule has 90 valence electrons. The van der Waals surface area contributed by atoms with Gasteiger partial charge in [0.1, 0.15) is 18.2 Å². The Morgan fingerprint density at radius 3 is 2.94 bits per heavy atom. The molecule has 0 fully saturated rings. The largest absolute Gasteiger partial charge is 0.491 e. The van der Waals surface area contributed by atoms with Gasteiger partial charge in [-0.3, -0.25) is 0 Å². The number of ether oxygens (including phenoxy) is 2. The highest BCUT2D eigenvalue weighted by Crippen LogP contribution is 2.14. The number of anilines is 1. The van der Waals surface area contributed by atoms with Crippen molar-refractivity contribution >= 4 is 5.82 Å². The molecule has 1 rings (SSSR count). The van der Waals surface area contributed by atoms with Gasteiger partial charge in [-0.05, 0) is 19.4 Å². The lowest BCUT2D eigenvalue weighted by Crippen LogP contribution is -2.07. The Hall–Kier alpha value is -1.29. The second kappa shape index (κ2) is 7.93. The molecule has 0 amide bonds. The molecule has 4 heteroatoms. The topological polar surface area (TPSA) is 43.4 Å². The molecule has 0 saturated carbocycles. The van der Waals surface area contributed by atoms with Crippen molar-refractivity contribution < 1.29 is 9.47 Å². The van der Waals surface area contributed by atoms with Gasteiger partial charge in [-0.25, -0.2) is 4.98 Å². The van der Waals surface area contributed by atoms with Gasteiger partial charge in [0, 0.05) is 25.4 Å². The second-order valence-electron chi connectivity index (χ2n) is 3.35. The number of hydrogen-bond acceptors (Lipinski definition) is 4. The van der Waals surface area contributed by atoms with E-state index in [0.29, 0.717) is 13.2 Å². The number of nitrogens with zero attached hydrogens (tertiary/aromatic N) is 1. The first-order valence-electron chi connectivity index (χ1n) is 5.77. The molecule has 0 unspecified atom stereocenters. The van der Waals surface area contributed by atoms with E-state index in [4.69, 9.17) is 9.47 Å². The lowest BCUT2D eigenvalue weighted by molar-refractivity contribution is 0.110. The number of pyridine rings is 1. The van der Waals surface area contributed by atoms with Crippen LogP contribution in [0.1, 0.15) is 20.3 Å². The molecule has 1 aromatic rings. The summed E-state index contributed by atoms with van der Waals surface area (Å²) in [6, 6.07) is 3.75. The fraction of sp³-hybridized carbons (Fsp3) is 0.583. The van der Waals surface area contributed by atoms with Crippen molar-refractivity contribution in [2.24, 2.45) is 0 Å². The smallest absolute Gasteiger partial charge is 0.129 e. The van der Waals surface area contributed by atoms with E-state index in [1.807, 2.05) is 19.1 Å². The van der Waals surface area contributed by atoms with E-state index in [2.05, 4.69) is 17.2 Å². The minimum Gasteiger partial charge on any atom is -0.491 e. The molecule has 0 saturated heterocycles. The summed E-state index contributed by atoms with van der Waals surface area (Å²) in [5.41, 5.74) is 0. The Labute approximate surface area is 97.0 Å². The van der Waals surface area contributed by atoms with Crippen LogP contribution in [0.15, 0.2) is 18.3 Å². The van der Waals surface area contributed by atoms with E-state index in [0.717, 1.165) is 31.1 Å². The van der Waals surface area contributed by atoms with Crippen molar-refractivity contribution in [3.8, 4) is 5.75 Å². The molecule has 0 atom stereocenters. The molecule has 1 heterocycles. The van der Waals surface area contributed by atoms with Crippen LogP contribution in [0.3, 0.4) is 0 Å². The third-order valence-electron chi connectivity index (χ3n) is 1.99. The van der Waals surface area contributed by atoms with Crippen LogP contribution < -0.4 is 10.1 Å². The monoisotopic (exact) mass is 224 g/mol. The first-order chi connectivity index (χ1) is 7.86. The molecular formula is C12H20N2O2. The van der Waals surface area contributed by atoms with Crippen LogP contribution in [-0.2, 0) is 4.74 Å². The molecule has 1 aromatic heterocycles. The Kier molecular flexibility index (Phi) is 6.33. The molecule has 16 heavy (non-hydrogen) atoms. The number of aromatic nitrogens is 1. The first kappa shape index (κ1) is 12.8. The molecule has 0 bridgehead atoms. The lowest BCUT2D eigenvalue weighted by Gasteiger charge is -2.08. The van der Waals surface area contributed by atoms with Crippen molar-refractivity contribution in [1.29, 1.82) is 0 Å². The molecular weight excluding hydrogens is 204 g/mol. The van der Waals surface area contributed by atoms with E-state index in [1.165, 1.54) is 0 Å². The molecule has 1 N–H and O–H groups in total. The number of nitrogens with one attached hydrogen (secondary N) is 1. The maximum absolute atomic E-state index is 5.52. The van der Waals surface area contributed by atoms with E-state index in [9.17, 15) is 0 Å². The highest BCUT2D eigenvalue weighted by molar-refractivity contribution is 5.40. The van der Waals surface area contributed by atoms with Crippen LogP contribution >= 0.6 is 0 Å². The summed E-state index contributed by atoms with van der Waals surface area (Å²) in [5.74, 6) is 1.68. The van der Waals surface area contributed by atoms with Crippen molar-refractivity contribution in [2.75, 3.05) is 31.7 Å². The van der Waals surface area contributed by atoms with Gasteiger partial charge in [0.2, 0.25) is 0 Å². The Morgan fingerprint density at radius 2 is 2.19 bits per heavy atom. The fourth-order valence-electron chi connectivity index (χ4n) is 1.21. The Balaban J connectivity index is 2.35. The van der Waals surface area contributed by atoms with Crippen molar-refractivity contribution in [2.45, 2.75) is 20.3 Å². The fourth-order valence-corrected chi connectivity index (χ4v) is 1.21. The highest BCUT2D eigenvalue weighted by atomic mass is 16.5. The molecule has 0 aliphatic heterocycles. The summed E-state index contributed by atoms with van der Waals surface area (Å²) in [4.78, 5) is 4.20. The third kappa shape index (κ3) is 4.98.